The number of hydrogen-bond donors (Lipinski definition) is 1. The Morgan fingerprint density at radius 3 is 2.65 bits per heavy atom. The Hall–Kier alpha value is -2.05. The Balaban J connectivity index is 2.04. The zero-order valence-corrected chi connectivity index (χ0v) is 14.1. The van der Waals surface area contributed by atoms with Crippen molar-refractivity contribution in [2.45, 2.75) is 18.2 Å². The predicted molar refractivity (Wildman–Crippen MR) is 91.6 cm³/mol. The number of halogens is 1. The van der Waals surface area contributed by atoms with Crippen molar-refractivity contribution in [3.63, 3.8) is 0 Å². The number of ether oxygens (including phenoxy) is 1. The summed E-state index contributed by atoms with van der Waals surface area (Å²) in [5.41, 5.74) is 0.734. The van der Waals surface area contributed by atoms with Crippen molar-refractivity contribution in [3.8, 4) is 5.75 Å². The van der Waals surface area contributed by atoms with Crippen LogP contribution in [0.5, 0.6) is 5.75 Å². The lowest BCUT2D eigenvalue weighted by Crippen LogP contribution is -2.18. The minimum atomic E-state index is -3.71. The number of rotatable bonds is 7. The van der Waals surface area contributed by atoms with E-state index in [1.54, 1.807) is 12.1 Å². The van der Waals surface area contributed by atoms with E-state index in [1.165, 1.54) is 30.5 Å². The Kier molecular flexibility index (Phi) is 6.01. The van der Waals surface area contributed by atoms with Gasteiger partial charge in [0.1, 0.15) is 5.75 Å². The van der Waals surface area contributed by atoms with E-state index in [4.69, 9.17) is 16.3 Å². The normalized spacial score (nSPS) is 11.6. The van der Waals surface area contributed by atoms with E-state index in [9.17, 15) is 8.42 Å². The molecular formula is C16H17ClN2O3S. The van der Waals surface area contributed by atoms with Gasteiger partial charge >= 0.3 is 0 Å². The van der Waals surface area contributed by atoms with Crippen LogP contribution in [-0.2, 0) is 10.0 Å². The van der Waals surface area contributed by atoms with Crippen molar-refractivity contribution in [3.05, 3.63) is 59.1 Å². The second-order valence-corrected chi connectivity index (χ2v) is 6.83. The standard InChI is InChI=1S/C16H17ClN2O3S/c1-2-10-22-15-5-3-4-13(11-15)12-18-19-23(20,21)16-8-6-14(17)7-9-16/h3-9,11-12,19H,2,10H2,1H3. The van der Waals surface area contributed by atoms with E-state index in [0.717, 1.165) is 17.7 Å². The molecule has 0 fully saturated rings. The summed E-state index contributed by atoms with van der Waals surface area (Å²) in [5, 5.41) is 4.25. The quantitative estimate of drug-likeness (QED) is 0.613. The van der Waals surface area contributed by atoms with E-state index < -0.39 is 10.0 Å². The van der Waals surface area contributed by atoms with E-state index in [2.05, 4.69) is 9.93 Å². The molecule has 1 N–H and O–H groups in total. The maximum atomic E-state index is 12.0. The second-order valence-electron chi connectivity index (χ2n) is 4.73. The van der Waals surface area contributed by atoms with Crippen LogP contribution >= 0.6 is 11.6 Å². The molecule has 2 aromatic rings. The average Bonchev–Trinajstić information content (AvgIpc) is 2.53. The minimum Gasteiger partial charge on any atom is -0.494 e. The summed E-state index contributed by atoms with van der Waals surface area (Å²) in [7, 11) is -3.71. The molecule has 0 unspecified atom stereocenters. The number of benzene rings is 2. The number of hydrazone groups is 1. The fraction of sp³-hybridized carbons (Fsp3) is 0.188. The van der Waals surface area contributed by atoms with Gasteiger partial charge in [0.2, 0.25) is 0 Å². The Morgan fingerprint density at radius 2 is 1.96 bits per heavy atom. The summed E-state index contributed by atoms with van der Waals surface area (Å²) in [5.74, 6) is 0.719. The first-order chi connectivity index (χ1) is 11.0. The van der Waals surface area contributed by atoms with Crippen LogP contribution in [0.25, 0.3) is 0 Å². The van der Waals surface area contributed by atoms with Crippen molar-refractivity contribution in [2.75, 3.05) is 6.61 Å². The lowest BCUT2D eigenvalue weighted by Gasteiger charge is -2.05. The third-order valence-corrected chi connectivity index (χ3v) is 4.33. The first-order valence-electron chi connectivity index (χ1n) is 7.04. The summed E-state index contributed by atoms with van der Waals surface area (Å²) in [6.07, 6.45) is 2.34. The Labute approximate surface area is 141 Å². The summed E-state index contributed by atoms with van der Waals surface area (Å²) >= 11 is 5.74. The molecule has 0 saturated carbocycles. The molecule has 0 radical (unpaired) electrons. The third kappa shape index (κ3) is 5.26. The molecule has 23 heavy (non-hydrogen) atoms. The minimum absolute atomic E-state index is 0.0964. The van der Waals surface area contributed by atoms with E-state index >= 15 is 0 Å². The summed E-state index contributed by atoms with van der Waals surface area (Å²) < 4.78 is 29.6. The van der Waals surface area contributed by atoms with Gasteiger partial charge in [-0.15, -0.1) is 0 Å². The molecule has 2 aromatic carbocycles. The Bertz CT molecular complexity index is 774. The zero-order valence-electron chi connectivity index (χ0n) is 12.6. The molecule has 7 heteroatoms. The van der Waals surface area contributed by atoms with Crippen molar-refractivity contribution < 1.29 is 13.2 Å². The van der Waals surface area contributed by atoms with Gasteiger partial charge in [-0.25, -0.2) is 4.83 Å². The van der Waals surface area contributed by atoms with E-state index in [1.807, 2.05) is 19.1 Å². The number of sulfonamides is 1. The van der Waals surface area contributed by atoms with Gasteiger partial charge in [-0.3, -0.25) is 0 Å². The first-order valence-corrected chi connectivity index (χ1v) is 8.90. The fourth-order valence-electron chi connectivity index (χ4n) is 1.74. The maximum Gasteiger partial charge on any atom is 0.276 e. The highest BCUT2D eigenvalue weighted by atomic mass is 35.5. The smallest absolute Gasteiger partial charge is 0.276 e. The molecule has 0 spiro atoms. The van der Waals surface area contributed by atoms with Crippen LogP contribution < -0.4 is 9.57 Å². The molecule has 0 saturated heterocycles. The van der Waals surface area contributed by atoms with Gasteiger partial charge < -0.3 is 4.74 Å². The van der Waals surface area contributed by atoms with Crippen LogP contribution in [0.4, 0.5) is 0 Å². The van der Waals surface area contributed by atoms with Gasteiger partial charge in [0.25, 0.3) is 10.0 Å². The van der Waals surface area contributed by atoms with Crippen LogP contribution in [0, 0.1) is 0 Å². The summed E-state index contributed by atoms with van der Waals surface area (Å²) in [6.45, 7) is 2.65. The van der Waals surface area contributed by atoms with Crippen LogP contribution in [0.15, 0.2) is 58.5 Å². The lowest BCUT2D eigenvalue weighted by molar-refractivity contribution is 0.317. The highest BCUT2D eigenvalue weighted by Gasteiger charge is 2.11. The van der Waals surface area contributed by atoms with Crippen LogP contribution in [-0.4, -0.2) is 21.2 Å². The predicted octanol–water partition coefficient (Wildman–Crippen LogP) is 3.44. The molecule has 5 nitrogen and oxygen atoms in total. The van der Waals surface area contributed by atoms with Crippen LogP contribution in [0.2, 0.25) is 5.02 Å². The monoisotopic (exact) mass is 352 g/mol. The molecule has 122 valence electrons. The number of hydrogen-bond acceptors (Lipinski definition) is 4. The molecule has 0 amide bonds. The zero-order chi connectivity index (χ0) is 16.7. The summed E-state index contributed by atoms with van der Waals surface area (Å²) in [6, 6.07) is 13.1. The number of nitrogens with zero attached hydrogens (tertiary/aromatic N) is 1. The van der Waals surface area contributed by atoms with Crippen molar-refractivity contribution >= 4 is 27.8 Å². The lowest BCUT2D eigenvalue weighted by atomic mass is 10.2. The molecule has 0 aliphatic rings. The molecule has 0 heterocycles. The van der Waals surface area contributed by atoms with Gasteiger partial charge in [-0.1, -0.05) is 30.7 Å². The third-order valence-electron chi connectivity index (χ3n) is 2.84. The van der Waals surface area contributed by atoms with Gasteiger partial charge in [-0.2, -0.15) is 13.5 Å². The van der Waals surface area contributed by atoms with E-state index in [-0.39, 0.29) is 4.90 Å². The molecule has 0 bridgehead atoms. The largest absolute Gasteiger partial charge is 0.494 e. The van der Waals surface area contributed by atoms with Gasteiger partial charge in [-0.05, 0) is 48.4 Å². The first kappa shape index (κ1) is 17.3. The fourth-order valence-corrected chi connectivity index (χ4v) is 2.66. The molecular weight excluding hydrogens is 336 g/mol. The van der Waals surface area contributed by atoms with Crippen molar-refractivity contribution in [1.82, 2.24) is 4.83 Å². The number of nitrogens with one attached hydrogen (secondary N) is 1. The van der Waals surface area contributed by atoms with Crippen molar-refractivity contribution in [2.24, 2.45) is 5.10 Å². The molecule has 0 aromatic heterocycles. The topological polar surface area (TPSA) is 67.8 Å². The second kappa shape index (κ2) is 7.99. The van der Waals surface area contributed by atoms with Gasteiger partial charge in [0.15, 0.2) is 0 Å². The SMILES string of the molecule is CCCOc1cccc(C=NNS(=O)(=O)c2ccc(Cl)cc2)c1. The van der Waals surface area contributed by atoms with Crippen molar-refractivity contribution in [1.29, 1.82) is 0 Å². The molecule has 2 rings (SSSR count). The highest BCUT2D eigenvalue weighted by Crippen LogP contribution is 2.14. The summed E-state index contributed by atoms with van der Waals surface area (Å²) in [4.78, 5) is 2.26. The molecule has 0 aliphatic carbocycles. The van der Waals surface area contributed by atoms with E-state index in [0.29, 0.717) is 11.6 Å². The highest BCUT2D eigenvalue weighted by molar-refractivity contribution is 7.89. The average molecular weight is 353 g/mol. The van der Waals surface area contributed by atoms with Gasteiger partial charge in [0.05, 0.1) is 17.7 Å². The van der Waals surface area contributed by atoms with Gasteiger partial charge in [0, 0.05) is 5.02 Å². The molecule has 0 aliphatic heterocycles. The molecule has 0 atom stereocenters. The Morgan fingerprint density at radius 1 is 1.22 bits per heavy atom. The maximum absolute atomic E-state index is 12.0. The van der Waals surface area contributed by atoms with Crippen LogP contribution in [0.1, 0.15) is 18.9 Å². The van der Waals surface area contributed by atoms with Crippen LogP contribution in [0.3, 0.4) is 0 Å².